The third kappa shape index (κ3) is 5.39. The van der Waals surface area contributed by atoms with Gasteiger partial charge in [-0.2, -0.15) is 0 Å². The number of carbonyl (C=O) groups excluding carboxylic acids is 4. The van der Waals surface area contributed by atoms with Gasteiger partial charge in [-0.15, -0.1) is 0 Å². The smallest absolute Gasteiger partial charge is 0.325 e. The summed E-state index contributed by atoms with van der Waals surface area (Å²) in [5.74, 6) is -0.832. The molecule has 10 heteroatoms. The molecule has 0 bridgehead atoms. The summed E-state index contributed by atoms with van der Waals surface area (Å²) < 4.78 is 0. The normalized spacial score (nSPS) is 22.2. The number of rotatable bonds is 5. The molecule has 1 atom stereocenters. The molecule has 2 N–H and O–H groups in total. The van der Waals surface area contributed by atoms with E-state index >= 15 is 0 Å². The molecule has 0 saturated carbocycles. The summed E-state index contributed by atoms with van der Waals surface area (Å²) in [5.41, 5.74) is -0.948. The summed E-state index contributed by atoms with van der Waals surface area (Å²) in [6.07, 6.45) is 0. The van der Waals surface area contributed by atoms with Gasteiger partial charge in [0.1, 0.15) is 12.1 Å². The summed E-state index contributed by atoms with van der Waals surface area (Å²) >= 11 is 5.92. The minimum Gasteiger partial charge on any atom is -0.350 e. The molecule has 2 saturated heterocycles. The highest BCUT2D eigenvalue weighted by molar-refractivity contribution is 6.30. The van der Waals surface area contributed by atoms with Crippen LogP contribution in [-0.2, 0) is 19.9 Å². The van der Waals surface area contributed by atoms with Crippen LogP contribution in [0, 0.1) is 0 Å². The van der Waals surface area contributed by atoms with Crippen LogP contribution in [0.15, 0.2) is 24.3 Å². The molecule has 9 nitrogen and oxygen atoms in total. The molecule has 1 aromatic carbocycles. The van der Waals surface area contributed by atoms with E-state index in [1.54, 1.807) is 36.1 Å². The van der Waals surface area contributed by atoms with Crippen LogP contribution in [0.4, 0.5) is 4.79 Å². The van der Waals surface area contributed by atoms with E-state index in [1.165, 1.54) is 0 Å². The highest BCUT2D eigenvalue weighted by atomic mass is 35.5. The number of nitrogens with zero attached hydrogens (tertiary/aromatic N) is 3. The number of hydrogen-bond acceptors (Lipinski definition) is 5. The second kappa shape index (κ2) is 9.07. The third-order valence-corrected chi connectivity index (χ3v) is 5.85. The predicted octanol–water partition coefficient (Wildman–Crippen LogP) is 1.17. The molecule has 0 radical (unpaired) electrons. The number of piperazine rings is 1. The maximum atomic E-state index is 13.0. The fourth-order valence-corrected chi connectivity index (χ4v) is 4.00. The number of carbonyl (C=O) groups is 4. The molecule has 0 unspecified atom stereocenters. The van der Waals surface area contributed by atoms with Crippen LogP contribution in [0.2, 0.25) is 5.02 Å². The molecule has 5 amide bonds. The van der Waals surface area contributed by atoms with Gasteiger partial charge in [0, 0.05) is 36.7 Å². The summed E-state index contributed by atoms with van der Waals surface area (Å²) in [7, 11) is 0. The zero-order chi connectivity index (χ0) is 23.7. The minimum atomic E-state index is -1.25. The zero-order valence-electron chi connectivity index (χ0n) is 18.9. The number of benzene rings is 1. The van der Waals surface area contributed by atoms with E-state index in [0.29, 0.717) is 36.8 Å². The van der Waals surface area contributed by atoms with Crippen LogP contribution >= 0.6 is 11.6 Å². The summed E-state index contributed by atoms with van der Waals surface area (Å²) in [6.45, 7) is 9.30. The molecule has 1 aromatic rings. The lowest BCUT2D eigenvalue weighted by molar-refractivity contribution is -0.140. The van der Waals surface area contributed by atoms with Gasteiger partial charge in [0.05, 0.1) is 6.54 Å². The Kier molecular flexibility index (Phi) is 6.80. The Labute approximate surface area is 193 Å². The fraction of sp³-hybridized carbons (Fsp3) is 0.545. The molecular weight excluding hydrogens is 434 g/mol. The lowest BCUT2D eigenvalue weighted by atomic mass is 9.92. The van der Waals surface area contributed by atoms with E-state index in [4.69, 9.17) is 11.6 Å². The molecule has 174 valence electrons. The quantitative estimate of drug-likeness (QED) is 0.638. The fourth-order valence-electron chi connectivity index (χ4n) is 3.87. The Morgan fingerprint density at radius 3 is 2.22 bits per heavy atom. The summed E-state index contributed by atoms with van der Waals surface area (Å²) in [4.78, 5) is 55.0. The average Bonchev–Trinajstić information content (AvgIpc) is 2.91. The van der Waals surface area contributed by atoms with E-state index in [1.807, 2.05) is 25.7 Å². The number of halogens is 1. The van der Waals surface area contributed by atoms with Crippen LogP contribution in [0.3, 0.4) is 0 Å². The van der Waals surface area contributed by atoms with Crippen molar-refractivity contribution in [1.29, 1.82) is 0 Å². The maximum absolute atomic E-state index is 13.0. The minimum absolute atomic E-state index is 0.0573. The first-order valence-corrected chi connectivity index (χ1v) is 11.0. The van der Waals surface area contributed by atoms with E-state index < -0.39 is 17.5 Å². The lowest BCUT2D eigenvalue weighted by Gasteiger charge is -2.35. The molecule has 0 aliphatic carbocycles. The average molecular weight is 464 g/mol. The highest BCUT2D eigenvalue weighted by Crippen LogP contribution is 2.29. The van der Waals surface area contributed by atoms with Crippen molar-refractivity contribution < 1.29 is 19.2 Å². The summed E-state index contributed by atoms with van der Waals surface area (Å²) in [6, 6.07) is 6.06. The van der Waals surface area contributed by atoms with Gasteiger partial charge in [0.15, 0.2) is 0 Å². The van der Waals surface area contributed by atoms with Gasteiger partial charge >= 0.3 is 6.03 Å². The second-order valence-electron chi connectivity index (χ2n) is 9.41. The van der Waals surface area contributed by atoms with Crippen molar-refractivity contribution in [1.82, 2.24) is 25.3 Å². The Balaban J connectivity index is 1.55. The zero-order valence-corrected chi connectivity index (χ0v) is 19.7. The molecule has 0 aromatic heterocycles. The van der Waals surface area contributed by atoms with Gasteiger partial charge < -0.3 is 15.5 Å². The number of imide groups is 1. The third-order valence-electron chi connectivity index (χ3n) is 5.60. The van der Waals surface area contributed by atoms with E-state index in [9.17, 15) is 19.2 Å². The van der Waals surface area contributed by atoms with Crippen molar-refractivity contribution in [2.75, 3.05) is 39.3 Å². The van der Waals surface area contributed by atoms with Crippen LogP contribution < -0.4 is 10.6 Å². The van der Waals surface area contributed by atoms with Crippen molar-refractivity contribution in [3.8, 4) is 0 Å². The van der Waals surface area contributed by atoms with Crippen LogP contribution in [0.1, 0.15) is 33.3 Å². The number of urea groups is 1. The number of nitrogens with one attached hydrogen (secondary N) is 2. The Morgan fingerprint density at radius 1 is 1.06 bits per heavy atom. The first kappa shape index (κ1) is 24.0. The molecular formula is C22H30ClN5O4. The second-order valence-corrected chi connectivity index (χ2v) is 9.84. The molecule has 2 aliphatic rings. The van der Waals surface area contributed by atoms with Crippen molar-refractivity contribution in [2.45, 2.75) is 38.8 Å². The first-order valence-electron chi connectivity index (χ1n) is 10.6. The largest absolute Gasteiger partial charge is 0.350 e. The van der Waals surface area contributed by atoms with Gasteiger partial charge in [0.25, 0.3) is 5.91 Å². The van der Waals surface area contributed by atoms with Crippen molar-refractivity contribution in [2.24, 2.45) is 0 Å². The van der Waals surface area contributed by atoms with Gasteiger partial charge in [-0.25, -0.2) is 4.79 Å². The SMILES string of the molecule is CC(C)(C)NC(=O)CN1CCN(C(=O)CN2C(=O)N[C@@](C)(c3ccc(Cl)cc3)C2=O)CC1. The highest BCUT2D eigenvalue weighted by Gasteiger charge is 2.49. The Hall–Kier alpha value is -2.65. The number of amides is 5. The van der Waals surface area contributed by atoms with Crippen molar-refractivity contribution >= 4 is 35.4 Å². The van der Waals surface area contributed by atoms with Crippen molar-refractivity contribution in [3.63, 3.8) is 0 Å². The molecule has 0 spiro atoms. The molecule has 32 heavy (non-hydrogen) atoms. The lowest BCUT2D eigenvalue weighted by Crippen LogP contribution is -2.54. The van der Waals surface area contributed by atoms with Gasteiger partial charge in [0.2, 0.25) is 11.8 Å². The van der Waals surface area contributed by atoms with Gasteiger partial charge in [-0.05, 0) is 45.4 Å². The van der Waals surface area contributed by atoms with Crippen molar-refractivity contribution in [3.05, 3.63) is 34.9 Å². The van der Waals surface area contributed by atoms with Crippen LogP contribution in [-0.4, -0.2) is 83.3 Å². The summed E-state index contributed by atoms with van der Waals surface area (Å²) in [5, 5.41) is 6.14. The van der Waals surface area contributed by atoms with Crippen LogP contribution in [0.25, 0.3) is 0 Å². The maximum Gasteiger partial charge on any atom is 0.325 e. The first-order chi connectivity index (χ1) is 14.9. The van der Waals surface area contributed by atoms with E-state index in [-0.39, 0.29) is 30.4 Å². The molecule has 3 rings (SSSR count). The predicted molar refractivity (Wildman–Crippen MR) is 120 cm³/mol. The standard InChI is InChI=1S/C22H30ClN5O4/c1-21(2,3)24-17(29)13-26-9-11-27(12-10-26)18(30)14-28-19(31)22(4,25-20(28)32)15-5-7-16(23)8-6-15/h5-8H,9-14H2,1-4H3,(H,24,29)(H,25,32)/t22-/m0/s1. The molecule has 2 fully saturated rings. The number of hydrogen-bond donors (Lipinski definition) is 2. The molecule has 2 heterocycles. The van der Waals surface area contributed by atoms with E-state index in [2.05, 4.69) is 10.6 Å². The Bertz CT molecular complexity index is 906. The Morgan fingerprint density at radius 2 is 1.66 bits per heavy atom. The monoisotopic (exact) mass is 463 g/mol. The molecule has 2 aliphatic heterocycles. The topological polar surface area (TPSA) is 102 Å². The van der Waals surface area contributed by atoms with Gasteiger partial charge in [-0.1, -0.05) is 23.7 Å². The van der Waals surface area contributed by atoms with E-state index in [0.717, 1.165) is 4.90 Å². The van der Waals surface area contributed by atoms with Gasteiger partial charge in [-0.3, -0.25) is 24.2 Å². The van der Waals surface area contributed by atoms with Crippen LogP contribution in [0.5, 0.6) is 0 Å².